The molecule has 0 aromatic carbocycles. The fourth-order valence-electron chi connectivity index (χ4n) is 4.45. The second-order valence-corrected chi connectivity index (χ2v) is 11.4. The first-order valence-corrected chi connectivity index (χ1v) is 13.9. The van der Waals surface area contributed by atoms with Gasteiger partial charge in [-0.15, -0.1) is 0 Å². The van der Waals surface area contributed by atoms with E-state index in [1.54, 1.807) is 18.3 Å². The zero-order valence-electron chi connectivity index (χ0n) is 20.7. The minimum Gasteiger partial charge on any atom is -0.471 e. The molecule has 1 saturated heterocycles. The van der Waals surface area contributed by atoms with Gasteiger partial charge in [0.1, 0.15) is 23.8 Å². The van der Waals surface area contributed by atoms with Gasteiger partial charge in [0.2, 0.25) is 15.9 Å². The quantitative estimate of drug-likeness (QED) is 0.475. The SMILES string of the molecule is CCCc1cnc(OC2CN(S(C)(=O)=O)C2)c2cnc(Nc3ccc4c(n3)C(C)[C@H](C)OC4=O)cc12. The first-order valence-electron chi connectivity index (χ1n) is 12.0. The smallest absolute Gasteiger partial charge is 0.340 e. The number of sulfonamides is 1. The molecule has 0 radical (unpaired) electrons. The van der Waals surface area contributed by atoms with Gasteiger partial charge >= 0.3 is 5.97 Å². The van der Waals surface area contributed by atoms with E-state index in [9.17, 15) is 13.2 Å². The van der Waals surface area contributed by atoms with Gasteiger partial charge in [-0.1, -0.05) is 20.3 Å². The molecule has 5 heterocycles. The maximum atomic E-state index is 12.2. The summed E-state index contributed by atoms with van der Waals surface area (Å²) >= 11 is 0. The number of hydrogen-bond donors (Lipinski definition) is 1. The molecule has 0 aliphatic carbocycles. The third-order valence-corrected chi connectivity index (χ3v) is 7.96. The normalized spacial score (nSPS) is 20.5. The lowest BCUT2D eigenvalue weighted by atomic mass is 9.94. The first-order chi connectivity index (χ1) is 17.1. The number of anilines is 2. The van der Waals surface area contributed by atoms with Crippen LogP contribution in [0.4, 0.5) is 11.6 Å². The molecule has 3 aromatic heterocycles. The molecule has 2 aliphatic heterocycles. The van der Waals surface area contributed by atoms with Crippen molar-refractivity contribution in [2.75, 3.05) is 24.7 Å². The highest BCUT2D eigenvalue weighted by Gasteiger charge is 2.35. The molecular formula is C25H29N5O5S. The van der Waals surface area contributed by atoms with Crippen LogP contribution < -0.4 is 10.1 Å². The Hall–Kier alpha value is -3.31. The summed E-state index contributed by atoms with van der Waals surface area (Å²) in [7, 11) is -3.22. The van der Waals surface area contributed by atoms with Crippen LogP contribution in [0.5, 0.6) is 5.88 Å². The summed E-state index contributed by atoms with van der Waals surface area (Å²) in [4.78, 5) is 26.0. The Morgan fingerprint density at radius 3 is 2.64 bits per heavy atom. The van der Waals surface area contributed by atoms with Gasteiger partial charge in [-0.05, 0) is 42.5 Å². The molecule has 1 N–H and O–H groups in total. The summed E-state index contributed by atoms with van der Waals surface area (Å²) in [5.41, 5.74) is 2.26. The lowest BCUT2D eigenvalue weighted by Gasteiger charge is -2.36. The van der Waals surface area contributed by atoms with Crippen LogP contribution in [-0.2, 0) is 21.2 Å². The average Bonchev–Trinajstić information content (AvgIpc) is 2.80. The second kappa shape index (κ2) is 9.29. The fraction of sp³-hybridized carbons (Fsp3) is 0.440. The maximum absolute atomic E-state index is 12.2. The van der Waals surface area contributed by atoms with Crippen molar-refractivity contribution in [1.82, 2.24) is 19.3 Å². The molecule has 11 heteroatoms. The molecule has 0 bridgehead atoms. The summed E-state index contributed by atoms with van der Waals surface area (Å²) in [6.07, 6.45) is 6.02. The molecule has 2 aliphatic rings. The molecule has 10 nitrogen and oxygen atoms in total. The van der Waals surface area contributed by atoms with Crippen LogP contribution in [0.15, 0.2) is 30.6 Å². The fourth-order valence-corrected chi connectivity index (χ4v) is 5.33. The van der Waals surface area contributed by atoms with E-state index >= 15 is 0 Å². The molecule has 0 saturated carbocycles. The number of ether oxygens (including phenoxy) is 2. The molecule has 36 heavy (non-hydrogen) atoms. The molecular weight excluding hydrogens is 482 g/mol. The molecule has 3 aromatic rings. The summed E-state index contributed by atoms with van der Waals surface area (Å²) < 4.78 is 36.1. The van der Waals surface area contributed by atoms with E-state index in [-0.39, 0.29) is 24.1 Å². The average molecular weight is 512 g/mol. The summed E-state index contributed by atoms with van der Waals surface area (Å²) in [5, 5.41) is 4.99. The lowest BCUT2D eigenvalue weighted by molar-refractivity contribution is 0.0235. The predicted octanol–water partition coefficient (Wildman–Crippen LogP) is 3.41. The number of aromatic nitrogens is 3. The number of nitrogens with one attached hydrogen (secondary N) is 1. The Kier molecular flexibility index (Phi) is 6.29. The van der Waals surface area contributed by atoms with Crippen molar-refractivity contribution < 1.29 is 22.7 Å². The van der Waals surface area contributed by atoms with Crippen LogP contribution in [0.2, 0.25) is 0 Å². The number of rotatable bonds is 7. The van der Waals surface area contributed by atoms with Crippen molar-refractivity contribution in [2.24, 2.45) is 0 Å². The van der Waals surface area contributed by atoms with Crippen LogP contribution in [0.25, 0.3) is 10.8 Å². The van der Waals surface area contributed by atoms with Gasteiger partial charge in [-0.3, -0.25) is 0 Å². The van der Waals surface area contributed by atoms with Gasteiger partial charge in [0, 0.05) is 18.3 Å². The van der Waals surface area contributed by atoms with Gasteiger partial charge in [-0.25, -0.2) is 28.2 Å². The number of pyridine rings is 3. The number of hydrogen-bond acceptors (Lipinski definition) is 9. The number of carbonyl (C=O) groups is 1. The van der Waals surface area contributed by atoms with E-state index in [1.807, 2.05) is 26.1 Å². The third-order valence-electron chi connectivity index (χ3n) is 6.73. The molecule has 0 amide bonds. The standard InChI is InChI=1S/C25H29N5O5S/c1-5-6-16-10-27-24(35-17-12-30(13-17)36(4,32)33)20-11-26-22(9-19(16)20)28-21-8-7-18-23(29-21)14(2)15(3)34-25(18)31/h7-11,14-15,17H,5-6,12-13H2,1-4H3,(H,26,28,29)/t14?,15-/m0/s1. The van der Waals surface area contributed by atoms with E-state index in [0.29, 0.717) is 41.9 Å². The topological polar surface area (TPSA) is 124 Å². The van der Waals surface area contributed by atoms with Gasteiger partial charge in [-0.2, -0.15) is 4.31 Å². The highest BCUT2D eigenvalue weighted by molar-refractivity contribution is 7.88. The van der Waals surface area contributed by atoms with Crippen molar-refractivity contribution in [3.05, 3.63) is 47.4 Å². The Morgan fingerprint density at radius 2 is 1.92 bits per heavy atom. The lowest BCUT2D eigenvalue weighted by Crippen LogP contribution is -2.55. The minimum absolute atomic E-state index is 0.0175. The van der Waals surface area contributed by atoms with Crippen LogP contribution in [0.3, 0.4) is 0 Å². The van der Waals surface area contributed by atoms with Crippen LogP contribution >= 0.6 is 0 Å². The van der Waals surface area contributed by atoms with Crippen molar-refractivity contribution in [3.8, 4) is 5.88 Å². The zero-order valence-corrected chi connectivity index (χ0v) is 21.5. The number of fused-ring (bicyclic) bond motifs is 2. The van der Waals surface area contributed by atoms with Crippen LogP contribution in [0.1, 0.15) is 54.7 Å². The van der Waals surface area contributed by atoms with Gasteiger partial charge in [0.05, 0.1) is 36.0 Å². The molecule has 2 atom stereocenters. The molecule has 1 unspecified atom stereocenters. The molecule has 1 fully saturated rings. The Morgan fingerprint density at radius 1 is 1.14 bits per heavy atom. The number of carbonyl (C=O) groups excluding carboxylic acids is 1. The Labute approximate surface area is 210 Å². The van der Waals surface area contributed by atoms with Gasteiger partial charge < -0.3 is 14.8 Å². The van der Waals surface area contributed by atoms with Crippen molar-refractivity contribution in [2.45, 2.75) is 51.7 Å². The van der Waals surface area contributed by atoms with Crippen molar-refractivity contribution in [3.63, 3.8) is 0 Å². The molecule has 5 rings (SSSR count). The number of esters is 1. The van der Waals surface area contributed by atoms with E-state index in [4.69, 9.17) is 9.47 Å². The summed E-state index contributed by atoms with van der Waals surface area (Å²) in [6.45, 7) is 6.57. The van der Waals surface area contributed by atoms with Crippen LogP contribution in [-0.4, -0.2) is 65.2 Å². The number of aryl methyl sites for hydroxylation is 1. The third kappa shape index (κ3) is 4.60. The predicted molar refractivity (Wildman–Crippen MR) is 135 cm³/mol. The van der Waals surface area contributed by atoms with E-state index < -0.39 is 10.0 Å². The Balaban J connectivity index is 1.43. The monoisotopic (exact) mass is 511 g/mol. The first kappa shape index (κ1) is 24.4. The second-order valence-electron chi connectivity index (χ2n) is 9.43. The molecule has 0 spiro atoms. The highest BCUT2D eigenvalue weighted by Crippen LogP contribution is 2.33. The Bertz CT molecular complexity index is 1440. The maximum Gasteiger partial charge on any atom is 0.340 e. The largest absolute Gasteiger partial charge is 0.471 e. The number of nitrogens with zero attached hydrogens (tertiary/aromatic N) is 4. The van der Waals surface area contributed by atoms with E-state index in [0.717, 1.165) is 29.2 Å². The molecule has 190 valence electrons. The van der Waals surface area contributed by atoms with Crippen molar-refractivity contribution >= 4 is 38.4 Å². The number of cyclic esters (lactones) is 1. The van der Waals surface area contributed by atoms with Gasteiger partial charge in [0.15, 0.2) is 0 Å². The van der Waals surface area contributed by atoms with Crippen molar-refractivity contribution in [1.29, 1.82) is 0 Å². The van der Waals surface area contributed by atoms with Crippen LogP contribution in [0, 0.1) is 0 Å². The minimum atomic E-state index is -3.22. The van der Waals surface area contributed by atoms with E-state index in [2.05, 4.69) is 27.2 Å². The zero-order chi connectivity index (χ0) is 25.6. The summed E-state index contributed by atoms with van der Waals surface area (Å²) in [5.74, 6) is 1.27. The van der Waals surface area contributed by atoms with Gasteiger partial charge in [0.25, 0.3) is 0 Å². The highest BCUT2D eigenvalue weighted by atomic mass is 32.2. The summed E-state index contributed by atoms with van der Waals surface area (Å²) in [6, 6.07) is 5.42. The van der Waals surface area contributed by atoms with E-state index in [1.165, 1.54) is 10.6 Å².